The number of nitrogens with zero attached hydrogens (tertiary/aromatic N) is 3. The maximum atomic E-state index is 11.9. The number of anilines is 1. The van der Waals surface area contributed by atoms with Gasteiger partial charge in [0.2, 0.25) is 0 Å². The number of hydrogen-bond acceptors (Lipinski definition) is 3. The van der Waals surface area contributed by atoms with Gasteiger partial charge in [0.05, 0.1) is 10.2 Å². The number of fused-ring (bicyclic) bond motifs is 1. The lowest BCUT2D eigenvalue weighted by Crippen LogP contribution is -2.36. The fourth-order valence-corrected chi connectivity index (χ4v) is 2.72. The highest BCUT2D eigenvalue weighted by Gasteiger charge is 2.17. The van der Waals surface area contributed by atoms with Crippen LogP contribution >= 0.6 is 11.3 Å². The summed E-state index contributed by atoms with van der Waals surface area (Å²) in [4.78, 5) is 19.6. The SMILES string of the molecule is CC(C)c1ccc2sc(N(C)C(=O)N(C)C)nc2c1. The van der Waals surface area contributed by atoms with Crippen LogP contribution in [0.15, 0.2) is 18.2 Å². The molecule has 4 nitrogen and oxygen atoms in total. The fraction of sp³-hybridized carbons (Fsp3) is 0.429. The molecule has 0 unspecified atom stereocenters. The quantitative estimate of drug-likeness (QED) is 0.842. The summed E-state index contributed by atoms with van der Waals surface area (Å²) in [5, 5.41) is 0.731. The standard InChI is InChI=1S/C14H19N3OS/c1-9(2)10-6-7-12-11(8-10)15-13(19-12)17(5)14(18)16(3)4/h6-9H,1-5H3. The summed E-state index contributed by atoms with van der Waals surface area (Å²) in [5.41, 5.74) is 2.23. The van der Waals surface area contributed by atoms with E-state index >= 15 is 0 Å². The molecule has 0 aliphatic heterocycles. The first kappa shape index (κ1) is 13.8. The van der Waals surface area contributed by atoms with Crippen molar-refractivity contribution in [2.24, 2.45) is 0 Å². The second kappa shape index (κ2) is 5.17. The molecule has 0 N–H and O–H groups in total. The number of carbonyl (C=O) groups is 1. The molecular weight excluding hydrogens is 258 g/mol. The molecule has 19 heavy (non-hydrogen) atoms. The van der Waals surface area contributed by atoms with Gasteiger partial charge in [0.25, 0.3) is 0 Å². The number of urea groups is 1. The molecule has 1 aromatic heterocycles. The third kappa shape index (κ3) is 2.71. The van der Waals surface area contributed by atoms with Gasteiger partial charge in [0.1, 0.15) is 0 Å². The molecular formula is C14H19N3OS. The van der Waals surface area contributed by atoms with Gasteiger partial charge in [-0.3, -0.25) is 4.90 Å². The van der Waals surface area contributed by atoms with Crippen LogP contribution in [0.2, 0.25) is 0 Å². The van der Waals surface area contributed by atoms with Gasteiger partial charge in [-0.1, -0.05) is 31.3 Å². The molecule has 0 radical (unpaired) electrons. The van der Waals surface area contributed by atoms with Crippen LogP contribution in [0.3, 0.4) is 0 Å². The number of thiazole rings is 1. The molecule has 2 aromatic rings. The molecule has 0 spiro atoms. The van der Waals surface area contributed by atoms with Crippen LogP contribution in [-0.4, -0.2) is 37.1 Å². The topological polar surface area (TPSA) is 36.4 Å². The first-order valence-corrected chi connectivity index (χ1v) is 7.07. The van der Waals surface area contributed by atoms with Crippen LogP contribution in [0.1, 0.15) is 25.3 Å². The number of carbonyl (C=O) groups excluding carboxylic acids is 1. The number of amides is 2. The summed E-state index contributed by atoms with van der Waals surface area (Å²) < 4.78 is 1.11. The lowest BCUT2D eigenvalue weighted by Gasteiger charge is -2.18. The molecule has 1 aromatic carbocycles. The smallest absolute Gasteiger partial charge is 0.325 e. The van der Waals surface area contributed by atoms with Crippen molar-refractivity contribution >= 4 is 32.7 Å². The molecule has 1 heterocycles. The number of aromatic nitrogens is 1. The summed E-state index contributed by atoms with van der Waals surface area (Å²) >= 11 is 1.54. The molecule has 0 fully saturated rings. The Kier molecular flexibility index (Phi) is 3.75. The molecule has 2 amide bonds. The average Bonchev–Trinajstić information content (AvgIpc) is 2.79. The minimum Gasteiger partial charge on any atom is -0.330 e. The molecule has 0 aliphatic carbocycles. The lowest BCUT2D eigenvalue weighted by atomic mass is 10.0. The predicted molar refractivity (Wildman–Crippen MR) is 81.2 cm³/mol. The summed E-state index contributed by atoms with van der Waals surface area (Å²) in [6, 6.07) is 6.25. The largest absolute Gasteiger partial charge is 0.330 e. The van der Waals surface area contributed by atoms with E-state index in [1.165, 1.54) is 16.9 Å². The Morgan fingerprint density at radius 1 is 1.26 bits per heavy atom. The Morgan fingerprint density at radius 3 is 2.53 bits per heavy atom. The van der Waals surface area contributed by atoms with E-state index in [1.54, 1.807) is 30.9 Å². The molecule has 102 valence electrons. The zero-order valence-corrected chi connectivity index (χ0v) is 12.8. The van der Waals surface area contributed by atoms with Gasteiger partial charge in [-0.25, -0.2) is 9.78 Å². The third-order valence-corrected chi connectivity index (χ3v) is 4.14. The van der Waals surface area contributed by atoms with Gasteiger partial charge in [-0.05, 0) is 23.6 Å². The minimum atomic E-state index is -0.0665. The molecule has 0 saturated carbocycles. The molecule has 0 saturated heterocycles. The zero-order chi connectivity index (χ0) is 14.2. The van der Waals surface area contributed by atoms with E-state index in [4.69, 9.17) is 0 Å². The molecule has 0 atom stereocenters. The number of hydrogen-bond donors (Lipinski definition) is 0. The van der Waals surface area contributed by atoms with E-state index in [0.717, 1.165) is 15.3 Å². The first-order chi connectivity index (χ1) is 8.90. The van der Waals surface area contributed by atoms with E-state index in [-0.39, 0.29) is 6.03 Å². The lowest BCUT2D eigenvalue weighted by molar-refractivity contribution is 0.225. The van der Waals surface area contributed by atoms with Crippen molar-refractivity contribution in [1.82, 2.24) is 9.88 Å². The van der Waals surface area contributed by atoms with E-state index in [1.807, 2.05) is 0 Å². The molecule has 2 rings (SSSR count). The van der Waals surface area contributed by atoms with Gasteiger partial charge in [-0.15, -0.1) is 0 Å². The maximum absolute atomic E-state index is 11.9. The van der Waals surface area contributed by atoms with Gasteiger partial charge < -0.3 is 4.90 Å². The minimum absolute atomic E-state index is 0.0665. The van der Waals surface area contributed by atoms with E-state index in [9.17, 15) is 4.79 Å². The van der Waals surface area contributed by atoms with Crippen molar-refractivity contribution in [3.63, 3.8) is 0 Å². The Morgan fingerprint density at radius 2 is 1.95 bits per heavy atom. The summed E-state index contributed by atoms with van der Waals surface area (Å²) in [5.74, 6) is 0.482. The highest BCUT2D eigenvalue weighted by molar-refractivity contribution is 7.22. The van der Waals surface area contributed by atoms with Gasteiger partial charge in [-0.2, -0.15) is 0 Å². The number of benzene rings is 1. The summed E-state index contributed by atoms with van der Waals surface area (Å²) in [7, 11) is 5.23. The second-order valence-electron chi connectivity index (χ2n) is 5.11. The first-order valence-electron chi connectivity index (χ1n) is 6.25. The summed E-state index contributed by atoms with van der Waals surface area (Å²) in [6.45, 7) is 4.33. The van der Waals surface area contributed by atoms with Crippen LogP contribution < -0.4 is 4.90 Å². The third-order valence-electron chi connectivity index (χ3n) is 3.02. The van der Waals surface area contributed by atoms with Gasteiger partial charge in [0.15, 0.2) is 5.13 Å². The van der Waals surface area contributed by atoms with Gasteiger partial charge >= 0.3 is 6.03 Å². The van der Waals surface area contributed by atoms with Crippen molar-refractivity contribution in [3.05, 3.63) is 23.8 Å². The van der Waals surface area contributed by atoms with Crippen molar-refractivity contribution in [3.8, 4) is 0 Å². The van der Waals surface area contributed by atoms with E-state index in [0.29, 0.717) is 5.92 Å². The van der Waals surface area contributed by atoms with Gasteiger partial charge in [0, 0.05) is 21.1 Å². The predicted octanol–water partition coefficient (Wildman–Crippen LogP) is 3.54. The van der Waals surface area contributed by atoms with Crippen molar-refractivity contribution in [2.75, 3.05) is 26.0 Å². The fourth-order valence-electron chi connectivity index (χ4n) is 1.82. The maximum Gasteiger partial charge on any atom is 0.325 e. The van der Waals surface area contributed by atoms with Crippen LogP contribution in [-0.2, 0) is 0 Å². The van der Waals surface area contributed by atoms with E-state index in [2.05, 4.69) is 37.0 Å². The monoisotopic (exact) mass is 277 g/mol. The second-order valence-corrected chi connectivity index (χ2v) is 6.12. The van der Waals surface area contributed by atoms with Crippen molar-refractivity contribution < 1.29 is 4.79 Å². The normalized spacial score (nSPS) is 11.1. The molecule has 0 bridgehead atoms. The van der Waals surface area contributed by atoms with Crippen LogP contribution in [0.25, 0.3) is 10.2 Å². The van der Waals surface area contributed by atoms with Crippen LogP contribution in [0.5, 0.6) is 0 Å². The highest BCUT2D eigenvalue weighted by atomic mass is 32.1. The van der Waals surface area contributed by atoms with Crippen LogP contribution in [0.4, 0.5) is 9.93 Å². The molecule has 5 heteroatoms. The molecule has 0 aliphatic rings. The van der Waals surface area contributed by atoms with Crippen molar-refractivity contribution in [1.29, 1.82) is 0 Å². The Hall–Kier alpha value is -1.62. The average molecular weight is 277 g/mol. The van der Waals surface area contributed by atoms with Crippen molar-refractivity contribution in [2.45, 2.75) is 19.8 Å². The Bertz CT molecular complexity index is 604. The summed E-state index contributed by atoms with van der Waals surface area (Å²) in [6.07, 6.45) is 0. The Labute approximate surface area is 117 Å². The Balaban J connectivity index is 2.39. The number of rotatable bonds is 2. The zero-order valence-electron chi connectivity index (χ0n) is 12.0. The van der Waals surface area contributed by atoms with Crippen LogP contribution in [0, 0.1) is 0 Å². The highest BCUT2D eigenvalue weighted by Crippen LogP contribution is 2.30. The van der Waals surface area contributed by atoms with E-state index < -0.39 is 0 Å².